The summed E-state index contributed by atoms with van der Waals surface area (Å²) < 4.78 is 5.20. The normalized spacial score (nSPS) is 11.1. The standard InChI is InChI=1S/C32H24O3/c33-31(34)35-30-23-13-11-21-28(30)27-20-10-12-22-29(27)32(24-14-4-1-5-15-24,25-16-6-2-7-17-25)26-18-8-3-9-19-26/h1-23H,(H,33,34). The summed E-state index contributed by atoms with van der Waals surface area (Å²) in [6, 6.07) is 46.7. The lowest BCUT2D eigenvalue weighted by molar-refractivity contribution is 0.144. The molecule has 3 heteroatoms. The Bertz CT molecular complexity index is 1330. The first-order chi connectivity index (χ1) is 17.2. The molecule has 0 radical (unpaired) electrons. The Labute approximate surface area is 204 Å². The Balaban J connectivity index is 1.91. The molecular formula is C32H24O3. The molecule has 0 saturated heterocycles. The van der Waals surface area contributed by atoms with Crippen LogP contribution < -0.4 is 4.74 Å². The van der Waals surface area contributed by atoms with E-state index in [9.17, 15) is 9.90 Å². The molecular weight excluding hydrogens is 432 g/mol. The van der Waals surface area contributed by atoms with Crippen molar-refractivity contribution in [2.75, 3.05) is 0 Å². The molecule has 5 rings (SSSR count). The van der Waals surface area contributed by atoms with Crippen LogP contribution in [0.1, 0.15) is 22.3 Å². The van der Waals surface area contributed by atoms with Crippen molar-refractivity contribution in [1.29, 1.82) is 0 Å². The van der Waals surface area contributed by atoms with E-state index in [0.29, 0.717) is 5.75 Å². The van der Waals surface area contributed by atoms with Crippen LogP contribution in [0, 0.1) is 0 Å². The molecule has 0 aromatic heterocycles. The fourth-order valence-corrected chi connectivity index (χ4v) is 4.95. The summed E-state index contributed by atoms with van der Waals surface area (Å²) in [5, 5.41) is 9.38. The van der Waals surface area contributed by atoms with Gasteiger partial charge in [0.05, 0.1) is 5.41 Å². The molecule has 170 valence electrons. The maximum absolute atomic E-state index is 11.5. The Morgan fingerprint density at radius 3 is 1.40 bits per heavy atom. The van der Waals surface area contributed by atoms with Gasteiger partial charge in [0.15, 0.2) is 0 Å². The molecule has 0 amide bonds. The highest BCUT2D eigenvalue weighted by atomic mass is 16.7. The number of carboxylic acid groups (broad SMARTS) is 1. The second kappa shape index (κ2) is 9.70. The van der Waals surface area contributed by atoms with Crippen LogP contribution in [0.15, 0.2) is 140 Å². The second-order valence-electron chi connectivity index (χ2n) is 8.26. The Hall–Kier alpha value is -4.63. The van der Waals surface area contributed by atoms with Gasteiger partial charge in [0.1, 0.15) is 5.75 Å². The van der Waals surface area contributed by atoms with Gasteiger partial charge in [-0.2, -0.15) is 0 Å². The molecule has 35 heavy (non-hydrogen) atoms. The quantitative estimate of drug-likeness (QED) is 0.161. The van der Waals surface area contributed by atoms with Crippen molar-refractivity contribution in [3.05, 3.63) is 162 Å². The van der Waals surface area contributed by atoms with Gasteiger partial charge in [-0.05, 0) is 33.9 Å². The van der Waals surface area contributed by atoms with Gasteiger partial charge in [0.2, 0.25) is 0 Å². The summed E-state index contributed by atoms with van der Waals surface area (Å²) in [6.07, 6.45) is -1.34. The van der Waals surface area contributed by atoms with Gasteiger partial charge in [-0.1, -0.05) is 133 Å². The number of rotatable bonds is 6. The average molecular weight is 457 g/mol. The minimum Gasteiger partial charge on any atom is -0.449 e. The number of hydrogen-bond donors (Lipinski definition) is 1. The largest absolute Gasteiger partial charge is 0.511 e. The van der Waals surface area contributed by atoms with Crippen LogP contribution in [0.5, 0.6) is 5.75 Å². The fourth-order valence-electron chi connectivity index (χ4n) is 4.95. The predicted molar refractivity (Wildman–Crippen MR) is 139 cm³/mol. The summed E-state index contributed by atoms with van der Waals surface area (Å²) in [6.45, 7) is 0. The van der Waals surface area contributed by atoms with Gasteiger partial charge in [-0.25, -0.2) is 4.79 Å². The molecule has 0 unspecified atom stereocenters. The first-order valence-electron chi connectivity index (χ1n) is 11.5. The van der Waals surface area contributed by atoms with E-state index in [1.807, 2.05) is 48.5 Å². The zero-order valence-electron chi connectivity index (χ0n) is 19.0. The van der Waals surface area contributed by atoms with E-state index in [4.69, 9.17) is 4.74 Å². The van der Waals surface area contributed by atoms with Crippen LogP contribution in [0.4, 0.5) is 4.79 Å². The molecule has 0 aliphatic rings. The van der Waals surface area contributed by atoms with Gasteiger partial charge in [-0.15, -0.1) is 0 Å². The van der Waals surface area contributed by atoms with Gasteiger partial charge in [0.25, 0.3) is 0 Å². The maximum atomic E-state index is 11.5. The van der Waals surface area contributed by atoms with E-state index in [1.54, 1.807) is 12.1 Å². The highest BCUT2D eigenvalue weighted by molar-refractivity contribution is 5.80. The summed E-state index contributed by atoms with van der Waals surface area (Å²) in [5.74, 6) is 0.301. The third-order valence-corrected chi connectivity index (χ3v) is 6.33. The Kier molecular flexibility index (Phi) is 6.15. The van der Waals surface area contributed by atoms with Crippen molar-refractivity contribution in [2.24, 2.45) is 0 Å². The summed E-state index contributed by atoms with van der Waals surface area (Å²) >= 11 is 0. The number of benzene rings is 5. The van der Waals surface area contributed by atoms with E-state index >= 15 is 0 Å². The minimum absolute atomic E-state index is 0.301. The van der Waals surface area contributed by atoms with E-state index in [0.717, 1.165) is 33.4 Å². The molecule has 0 aliphatic carbocycles. The monoisotopic (exact) mass is 456 g/mol. The SMILES string of the molecule is O=C(O)Oc1ccccc1-c1ccccc1C(c1ccccc1)(c1ccccc1)c1ccccc1. The number of carbonyl (C=O) groups is 1. The lowest BCUT2D eigenvalue weighted by atomic mass is 9.63. The third kappa shape index (κ3) is 4.09. The third-order valence-electron chi connectivity index (χ3n) is 6.33. The van der Waals surface area contributed by atoms with Crippen LogP contribution in [0.25, 0.3) is 11.1 Å². The summed E-state index contributed by atoms with van der Waals surface area (Å²) in [7, 11) is 0. The first kappa shape index (κ1) is 22.2. The summed E-state index contributed by atoms with van der Waals surface area (Å²) in [5.41, 5.74) is 5.34. The van der Waals surface area contributed by atoms with Crippen LogP contribution in [0.2, 0.25) is 0 Å². The molecule has 0 aliphatic heterocycles. The Morgan fingerprint density at radius 1 is 0.514 bits per heavy atom. The number of hydrogen-bond acceptors (Lipinski definition) is 2. The van der Waals surface area contributed by atoms with Crippen molar-refractivity contribution < 1.29 is 14.6 Å². The molecule has 0 atom stereocenters. The lowest BCUT2D eigenvalue weighted by Crippen LogP contribution is -2.31. The highest BCUT2D eigenvalue weighted by Crippen LogP contribution is 2.49. The molecule has 0 heterocycles. The van der Waals surface area contributed by atoms with E-state index in [2.05, 4.69) is 78.9 Å². The molecule has 0 fully saturated rings. The zero-order valence-corrected chi connectivity index (χ0v) is 19.0. The highest BCUT2D eigenvalue weighted by Gasteiger charge is 2.40. The average Bonchev–Trinajstić information content (AvgIpc) is 2.91. The number of ether oxygens (including phenoxy) is 1. The maximum Gasteiger partial charge on any atom is 0.511 e. The van der Waals surface area contributed by atoms with Crippen LogP contribution in [-0.2, 0) is 5.41 Å². The molecule has 5 aromatic carbocycles. The van der Waals surface area contributed by atoms with Crippen LogP contribution in [-0.4, -0.2) is 11.3 Å². The zero-order chi connectivity index (χ0) is 24.1. The predicted octanol–water partition coefficient (Wildman–Crippen LogP) is 7.79. The fraction of sp³-hybridized carbons (Fsp3) is 0.0312. The molecule has 0 bridgehead atoms. The molecule has 3 nitrogen and oxygen atoms in total. The van der Waals surface area contributed by atoms with Crippen molar-refractivity contribution in [3.63, 3.8) is 0 Å². The van der Waals surface area contributed by atoms with Crippen LogP contribution >= 0.6 is 0 Å². The molecule has 0 saturated carbocycles. The first-order valence-corrected chi connectivity index (χ1v) is 11.5. The smallest absolute Gasteiger partial charge is 0.449 e. The topological polar surface area (TPSA) is 46.5 Å². The number of para-hydroxylation sites is 1. The van der Waals surface area contributed by atoms with E-state index < -0.39 is 11.6 Å². The van der Waals surface area contributed by atoms with Gasteiger partial charge in [0, 0.05) is 5.56 Å². The second-order valence-corrected chi connectivity index (χ2v) is 8.26. The van der Waals surface area contributed by atoms with Crippen molar-refractivity contribution in [2.45, 2.75) is 5.41 Å². The molecule has 0 spiro atoms. The summed E-state index contributed by atoms with van der Waals surface area (Å²) in [4.78, 5) is 11.5. The minimum atomic E-state index is -1.34. The van der Waals surface area contributed by atoms with Crippen molar-refractivity contribution >= 4 is 6.16 Å². The van der Waals surface area contributed by atoms with Gasteiger partial charge < -0.3 is 9.84 Å². The van der Waals surface area contributed by atoms with Gasteiger partial charge in [-0.3, -0.25) is 0 Å². The Morgan fingerprint density at radius 2 is 0.914 bits per heavy atom. The van der Waals surface area contributed by atoms with Crippen molar-refractivity contribution in [1.82, 2.24) is 0 Å². The van der Waals surface area contributed by atoms with E-state index in [1.165, 1.54) is 0 Å². The lowest BCUT2D eigenvalue weighted by Gasteiger charge is -2.38. The van der Waals surface area contributed by atoms with Crippen LogP contribution in [0.3, 0.4) is 0 Å². The van der Waals surface area contributed by atoms with Crippen molar-refractivity contribution in [3.8, 4) is 16.9 Å². The van der Waals surface area contributed by atoms with E-state index in [-0.39, 0.29) is 0 Å². The molecule has 5 aromatic rings. The molecule has 1 N–H and O–H groups in total. The van der Waals surface area contributed by atoms with Gasteiger partial charge >= 0.3 is 6.16 Å².